The highest BCUT2D eigenvalue weighted by Crippen LogP contribution is 2.28. The van der Waals surface area contributed by atoms with E-state index in [1.807, 2.05) is 0 Å². The summed E-state index contributed by atoms with van der Waals surface area (Å²) in [4.78, 5) is 45.7. The van der Waals surface area contributed by atoms with E-state index in [4.69, 9.17) is 0 Å². The first-order valence-corrected chi connectivity index (χ1v) is 7.78. The van der Waals surface area contributed by atoms with Gasteiger partial charge in [0.25, 0.3) is 11.8 Å². The lowest BCUT2D eigenvalue weighted by Gasteiger charge is -2.09. The minimum atomic E-state index is -4.52. The Labute approximate surface area is 152 Å². The number of hydrogen-bond donors (Lipinski definition) is 3. The van der Waals surface area contributed by atoms with Gasteiger partial charge in [-0.25, -0.2) is 0 Å². The molecular weight excluding hydrogens is 371 g/mol. The third-order valence-electron chi connectivity index (χ3n) is 3.05. The summed E-state index contributed by atoms with van der Waals surface area (Å²) in [5.74, 6) is -2.81. The molecule has 1 aromatic rings. The number of carbonyl (C=O) groups excluding carboxylic acids is 4. The maximum atomic E-state index is 12.4. The lowest BCUT2D eigenvalue weighted by molar-refractivity contribution is -0.147. The van der Waals surface area contributed by atoms with Gasteiger partial charge in [0.2, 0.25) is 5.91 Å². The maximum Gasteiger partial charge on any atom is 0.416 e. The summed E-state index contributed by atoms with van der Waals surface area (Å²) >= 11 is 0. The molecular formula is C16H18F3N3O5. The molecule has 0 aliphatic rings. The van der Waals surface area contributed by atoms with Crippen molar-refractivity contribution in [2.75, 3.05) is 26.2 Å². The van der Waals surface area contributed by atoms with Crippen LogP contribution < -0.4 is 16.0 Å². The summed E-state index contributed by atoms with van der Waals surface area (Å²) in [6.45, 7) is 0.621. The minimum Gasteiger partial charge on any atom is -0.454 e. The molecule has 0 fully saturated rings. The number of esters is 1. The van der Waals surface area contributed by atoms with Crippen LogP contribution >= 0.6 is 0 Å². The summed E-state index contributed by atoms with van der Waals surface area (Å²) < 4.78 is 41.9. The summed E-state index contributed by atoms with van der Waals surface area (Å²) in [6, 6.07) is 3.43. The predicted molar refractivity (Wildman–Crippen MR) is 86.4 cm³/mol. The van der Waals surface area contributed by atoms with Crippen molar-refractivity contribution in [2.24, 2.45) is 0 Å². The van der Waals surface area contributed by atoms with Gasteiger partial charge < -0.3 is 20.7 Å². The minimum absolute atomic E-state index is 0.0736. The fourth-order valence-corrected chi connectivity index (χ4v) is 1.75. The molecule has 0 unspecified atom stereocenters. The van der Waals surface area contributed by atoms with Gasteiger partial charge in [-0.2, -0.15) is 13.2 Å². The first-order valence-electron chi connectivity index (χ1n) is 7.78. The molecule has 0 saturated carbocycles. The van der Waals surface area contributed by atoms with Crippen molar-refractivity contribution in [3.05, 3.63) is 35.4 Å². The highest BCUT2D eigenvalue weighted by molar-refractivity contribution is 5.96. The van der Waals surface area contributed by atoms with Crippen LogP contribution in [0.3, 0.4) is 0 Å². The predicted octanol–water partition coefficient (Wildman–Crippen LogP) is 0.231. The fourth-order valence-electron chi connectivity index (χ4n) is 1.75. The van der Waals surface area contributed by atoms with Crippen LogP contribution in [0.2, 0.25) is 0 Å². The van der Waals surface area contributed by atoms with Gasteiger partial charge in [-0.3, -0.25) is 19.2 Å². The van der Waals surface area contributed by atoms with Gasteiger partial charge >= 0.3 is 12.1 Å². The van der Waals surface area contributed by atoms with Gasteiger partial charge in [0.15, 0.2) is 6.61 Å². The zero-order chi connectivity index (χ0) is 20.4. The Morgan fingerprint density at radius 1 is 0.926 bits per heavy atom. The molecule has 0 bridgehead atoms. The quantitative estimate of drug-likeness (QED) is 0.551. The van der Waals surface area contributed by atoms with Gasteiger partial charge in [-0.15, -0.1) is 0 Å². The van der Waals surface area contributed by atoms with E-state index in [0.29, 0.717) is 6.54 Å². The van der Waals surface area contributed by atoms with E-state index in [1.54, 1.807) is 6.92 Å². The second-order valence-corrected chi connectivity index (χ2v) is 5.15. The molecule has 8 nitrogen and oxygen atoms in total. The molecule has 11 heteroatoms. The summed E-state index contributed by atoms with van der Waals surface area (Å²) in [5.41, 5.74) is -0.979. The number of amides is 3. The third-order valence-corrected chi connectivity index (χ3v) is 3.05. The average Bonchev–Trinajstić information content (AvgIpc) is 2.62. The second kappa shape index (κ2) is 10.1. The Kier molecular flexibility index (Phi) is 8.24. The number of rotatable bonds is 8. The van der Waals surface area contributed by atoms with Crippen molar-refractivity contribution in [3.8, 4) is 0 Å². The molecule has 0 spiro atoms. The first kappa shape index (κ1) is 21.9. The SMILES string of the molecule is CCNC(=O)CNC(=O)COC(=O)CNC(=O)c1ccc(C(F)(F)F)cc1. The molecule has 0 aromatic heterocycles. The molecule has 27 heavy (non-hydrogen) atoms. The summed E-state index contributed by atoms with van der Waals surface area (Å²) in [6.07, 6.45) is -4.52. The van der Waals surface area contributed by atoms with Crippen LogP contribution in [0.15, 0.2) is 24.3 Å². The van der Waals surface area contributed by atoms with Gasteiger partial charge in [-0.1, -0.05) is 0 Å². The van der Waals surface area contributed by atoms with Crippen molar-refractivity contribution >= 4 is 23.7 Å². The topological polar surface area (TPSA) is 114 Å². The molecule has 0 saturated heterocycles. The average molecular weight is 389 g/mol. The fraction of sp³-hybridized carbons (Fsp3) is 0.375. The second-order valence-electron chi connectivity index (χ2n) is 5.15. The van der Waals surface area contributed by atoms with Gasteiger partial charge in [0.1, 0.15) is 6.54 Å². The highest BCUT2D eigenvalue weighted by Gasteiger charge is 2.30. The van der Waals surface area contributed by atoms with Crippen LogP contribution in [-0.2, 0) is 25.3 Å². The molecule has 0 aliphatic heterocycles. The van der Waals surface area contributed by atoms with Gasteiger partial charge in [-0.05, 0) is 31.2 Å². The molecule has 3 amide bonds. The van der Waals surface area contributed by atoms with E-state index in [2.05, 4.69) is 20.7 Å². The van der Waals surface area contributed by atoms with Crippen LogP contribution in [0.25, 0.3) is 0 Å². The Bertz CT molecular complexity index is 690. The number of halogens is 3. The molecule has 0 radical (unpaired) electrons. The van der Waals surface area contributed by atoms with Gasteiger partial charge in [0, 0.05) is 12.1 Å². The zero-order valence-electron chi connectivity index (χ0n) is 14.3. The molecule has 148 valence electrons. The molecule has 0 atom stereocenters. The van der Waals surface area contributed by atoms with Crippen LogP contribution in [0.1, 0.15) is 22.8 Å². The normalized spacial score (nSPS) is 10.7. The van der Waals surface area contributed by atoms with Crippen molar-refractivity contribution in [2.45, 2.75) is 13.1 Å². The monoisotopic (exact) mass is 389 g/mol. The van der Waals surface area contributed by atoms with Crippen molar-refractivity contribution < 1.29 is 37.1 Å². The highest BCUT2D eigenvalue weighted by atomic mass is 19.4. The number of alkyl halides is 3. The lowest BCUT2D eigenvalue weighted by Crippen LogP contribution is -2.39. The number of nitrogens with one attached hydrogen (secondary N) is 3. The Balaban J connectivity index is 2.34. The lowest BCUT2D eigenvalue weighted by atomic mass is 10.1. The number of carbonyl (C=O) groups is 4. The van der Waals surface area contributed by atoms with E-state index >= 15 is 0 Å². The zero-order valence-corrected chi connectivity index (χ0v) is 14.3. The van der Waals surface area contributed by atoms with Crippen molar-refractivity contribution in [1.29, 1.82) is 0 Å². The Morgan fingerprint density at radius 3 is 2.11 bits per heavy atom. The molecule has 0 aliphatic carbocycles. The summed E-state index contributed by atoms with van der Waals surface area (Å²) in [7, 11) is 0. The first-order chi connectivity index (χ1) is 12.6. The number of likely N-dealkylation sites (N-methyl/N-ethyl adjacent to an activating group) is 1. The summed E-state index contributed by atoms with van der Waals surface area (Å²) in [5, 5.41) is 6.83. The van der Waals surface area contributed by atoms with E-state index < -0.39 is 48.6 Å². The van der Waals surface area contributed by atoms with E-state index in [9.17, 15) is 32.3 Å². The standard InChI is InChI=1S/C16H18F3N3O5/c1-2-20-12(23)7-21-13(24)9-27-14(25)8-22-15(26)10-3-5-11(6-4-10)16(17,18)19/h3-6H,2,7-9H2,1H3,(H,20,23)(H,21,24)(H,22,26). The van der Waals surface area contributed by atoms with Crippen molar-refractivity contribution in [3.63, 3.8) is 0 Å². The van der Waals surface area contributed by atoms with E-state index in [0.717, 1.165) is 24.3 Å². The largest absolute Gasteiger partial charge is 0.454 e. The molecule has 3 N–H and O–H groups in total. The Morgan fingerprint density at radius 2 is 1.56 bits per heavy atom. The van der Waals surface area contributed by atoms with E-state index in [-0.39, 0.29) is 12.1 Å². The van der Waals surface area contributed by atoms with Crippen LogP contribution in [0, 0.1) is 0 Å². The maximum absolute atomic E-state index is 12.4. The molecule has 1 rings (SSSR count). The molecule has 0 heterocycles. The smallest absolute Gasteiger partial charge is 0.416 e. The van der Waals surface area contributed by atoms with Crippen molar-refractivity contribution in [1.82, 2.24) is 16.0 Å². The van der Waals surface area contributed by atoms with Gasteiger partial charge in [0.05, 0.1) is 12.1 Å². The van der Waals surface area contributed by atoms with E-state index in [1.165, 1.54) is 0 Å². The molecule has 1 aromatic carbocycles. The number of benzene rings is 1. The van der Waals surface area contributed by atoms with Crippen LogP contribution in [0.5, 0.6) is 0 Å². The van der Waals surface area contributed by atoms with Crippen LogP contribution in [0.4, 0.5) is 13.2 Å². The number of ether oxygens (including phenoxy) is 1. The Hall–Kier alpha value is -3.11. The third kappa shape index (κ3) is 8.21. The number of hydrogen-bond acceptors (Lipinski definition) is 5. The van der Waals surface area contributed by atoms with Crippen LogP contribution in [-0.4, -0.2) is 49.9 Å².